The third kappa shape index (κ3) is 5.11. The summed E-state index contributed by atoms with van der Waals surface area (Å²) < 4.78 is 21.5. The van der Waals surface area contributed by atoms with E-state index in [1.54, 1.807) is 40.6 Å². The van der Waals surface area contributed by atoms with Crippen LogP contribution in [0.3, 0.4) is 0 Å². The van der Waals surface area contributed by atoms with Gasteiger partial charge in [0.15, 0.2) is 34.5 Å². The Hall–Kier alpha value is -3.54. The standard InChI is InChI=1S/C27H32O6/c1-16-11-25(31-4)22(28)13-18(16)7-9-20(19-8-10-24(30-3)27(14-19)33-6)21-15-23(29)26(32-5)12-17(21)2/h8,10-15,20,28-29H,7,9H2,1-6H3. The molecule has 0 saturated heterocycles. The second-order valence-corrected chi connectivity index (χ2v) is 8.04. The van der Waals surface area contributed by atoms with Crippen LogP contribution in [0.5, 0.6) is 34.5 Å². The van der Waals surface area contributed by atoms with Crippen LogP contribution >= 0.6 is 0 Å². The Balaban J connectivity index is 2.05. The van der Waals surface area contributed by atoms with Gasteiger partial charge in [0.2, 0.25) is 0 Å². The van der Waals surface area contributed by atoms with E-state index in [9.17, 15) is 10.2 Å². The van der Waals surface area contributed by atoms with E-state index in [0.29, 0.717) is 29.4 Å². The number of methoxy groups -OCH3 is 4. The Labute approximate surface area is 195 Å². The Morgan fingerprint density at radius 2 is 1.24 bits per heavy atom. The van der Waals surface area contributed by atoms with Crippen molar-refractivity contribution in [1.82, 2.24) is 0 Å². The molecule has 3 aromatic rings. The molecule has 0 aliphatic heterocycles. The highest BCUT2D eigenvalue weighted by Crippen LogP contribution is 2.41. The summed E-state index contributed by atoms with van der Waals surface area (Å²) in [5, 5.41) is 20.8. The molecule has 0 fully saturated rings. The number of benzene rings is 3. The van der Waals surface area contributed by atoms with Crippen LogP contribution in [0.1, 0.15) is 40.2 Å². The van der Waals surface area contributed by atoms with Crippen molar-refractivity contribution in [2.24, 2.45) is 0 Å². The van der Waals surface area contributed by atoms with Crippen LogP contribution in [0.2, 0.25) is 0 Å². The molecule has 0 aliphatic carbocycles. The van der Waals surface area contributed by atoms with Crippen LogP contribution in [0, 0.1) is 13.8 Å². The largest absolute Gasteiger partial charge is 0.504 e. The van der Waals surface area contributed by atoms with Crippen molar-refractivity contribution >= 4 is 0 Å². The molecule has 0 aromatic heterocycles. The van der Waals surface area contributed by atoms with Gasteiger partial charge in [-0.25, -0.2) is 0 Å². The zero-order valence-electron chi connectivity index (χ0n) is 20.1. The quantitative estimate of drug-likeness (QED) is 0.446. The molecule has 3 aromatic carbocycles. The number of aryl methyl sites for hydroxylation is 3. The molecule has 33 heavy (non-hydrogen) atoms. The molecular weight excluding hydrogens is 420 g/mol. The van der Waals surface area contributed by atoms with Gasteiger partial charge in [-0.1, -0.05) is 6.07 Å². The molecule has 3 rings (SSSR count). The first-order chi connectivity index (χ1) is 15.8. The minimum absolute atomic E-state index is 0.0368. The average Bonchev–Trinajstić information content (AvgIpc) is 2.82. The van der Waals surface area contributed by atoms with Crippen molar-refractivity contribution in [3.05, 3.63) is 70.3 Å². The molecule has 0 radical (unpaired) electrons. The Morgan fingerprint density at radius 3 is 1.85 bits per heavy atom. The Bertz CT molecular complexity index is 1120. The van der Waals surface area contributed by atoms with Crippen molar-refractivity contribution in [3.8, 4) is 34.5 Å². The second kappa shape index (κ2) is 10.4. The van der Waals surface area contributed by atoms with Gasteiger partial charge < -0.3 is 29.2 Å². The van der Waals surface area contributed by atoms with Gasteiger partial charge in [-0.2, -0.15) is 0 Å². The summed E-state index contributed by atoms with van der Waals surface area (Å²) >= 11 is 0. The minimum atomic E-state index is -0.0368. The van der Waals surface area contributed by atoms with Crippen molar-refractivity contribution < 1.29 is 29.2 Å². The molecular formula is C27H32O6. The first-order valence-electron chi connectivity index (χ1n) is 10.8. The summed E-state index contributed by atoms with van der Waals surface area (Å²) in [6, 6.07) is 13.1. The van der Waals surface area contributed by atoms with Crippen LogP contribution < -0.4 is 18.9 Å². The summed E-state index contributed by atoms with van der Waals surface area (Å²) in [7, 11) is 6.31. The molecule has 0 amide bonds. The third-order valence-corrected chi connectivity index (χ3v) is 6.09. The van der Waals surface area contributed by atoms with Gasteiger partial charge >= 0.3 is 0 Å². The number of phenols is 2. The van der Waals surface area contributed by atoms with Gasteiger partial charge in [-0.15, -0.1) is 0 Å². The highest BCUT2D eigenvalue weighted by atomic mass is 16.5. The monoisotopic (exact) mass is 452 g/mol. The molecule has 176 valence electrons. The maximum atomic E-state index is 10.5. The van der Waals surface area contributed by atoms with Gasteiger partial charge in [0.1, 0.15) is 0 Å². The molecule has 1 unspecified atom stereocenters. The lowest BCUT2D eigenvalue weighted by molar-refractivity contribution is 0.354. The highest BCUT2D eigenvalue weighted by Gasteiger charge is 2.21. The van der Waals surface area contributed by atoms with Gasteiger partial charge in [0, 0.05) is 5.92 Å². The molecule has 0 spiro atoms. The predicted octanol–water partition coefficient (Wildman–Crippen LogP) is 5.51. The van der Waals surface area contributed by atoms with E-state index in [4.69, 9.17) is 18.9 Å². The van der Waals surface area contributed by atoms with E-state index < -0.39 is 0 Å². The lowest BCUT2D eigenvalue weighted by Crippen LogP contribution is -2.07. The molecule has 2 N–H and O–H groups in total. The number of phenolic OH excluding ortho intramolecular Hbond substituents is 2. The van der Waals surface area contributed by atoms with Crippen LogP contribution in [0.25, 0.3) is 0 Å². The first-order valence-corrected chi connectivity index (χ1v) is 10.8. The van der Waals surface area contributed by atoms with Gasteiger partial charge in [0.25, 0.3) is 0 Å². The fraction of sp³-hybridized carbons (Fsp3) is 0.333. The van der Waals surface area contributed by atoms with Crippen LogP contribution in [0.15, 0.2) is 42.5 Å². The van der Waals surface area contributed by atoms with E-state index in [1.165, 1.54) is 0 Å². The minimum Gasteiger partial charge on any atom is -0.504 e. The summed E-state index contributed by atoms with van der Waals surface area (Å²) in [5.41, 5.74) is 5.13. The topological polar surface area (TPSA) is 77.4 Å². The first kappa shape index (κ1) is 24.1. The van der Waals surface area contributed by atoms with Gasteiger partial charge in [-0.3, -0.25) is 0 Å². The molecule has 0 aliphatic rings. The molecule has 6 heteroatoms. The Kier molecular flexibility index (Phi) is 7.59. The number of aromatic hydroxyl groups is 2. The molecule has 6 nitrogen and oxygen atoms in total. The summed E-state index contributed by atoms with van der Waals surface area (Å²) in [6.45, 7) is 4.02. The van der Waals surface area contributed by atoms with Crippen molar-refractivity contribution in [3.63, 3.8) is 0 Å². The fourth-order valence-electron chi connectivity index (χ4n) is 4.24. The number of ether oxygens (including phenoxy) is 4. The number of hydrogen-bond donors (Lipinski definition) is 2. The van der Waals surface area contributed by atoms with Crippen molar-refractivity contribution in [2.45, 2.75) is 32.6 Å². The van der Waals surface area contributed by atoms with E-state index in [0.717, 1.165) is 34.2 Å². The number of hydrogen-bond acceptors (Lipinski definition) is 6. The summed E-state index contributed by atoms with van der Waals surface area (Å²) in [6.07, 6.45) is 1.46. The van der Waals surface area contributed by atoms with Gasteiger partial charge in [-0.05, 0) is 90.9 Å². The number of rotatable bonds is 9. The van der Waals surface area contributed by atoms with Crippen LogP contribution in [-0.2, 0) is 6.42 Å². The predicted molar refractivity (Wildman–Crippen MR) is 129 cm³/mol. The van der Waals surface area contributed by atoms with Crippen molar-refractivity contribution in [1.29, 1.82) is 0 Å². The molecule has 0 heterocycles. The Morgan fingerprint density at radius 1 is 0.667 bits per heavy atom. The van der Waals surface area contributed by atoms with Crippen LogP contribution in [0.4, 0.5) is 0 Å². The SMILES string of the molecule is COc1cc(C)c(CCC(c2ccc(OC)c(OC)c2)c2cc(O)c(OC)cc2C)cc1O. The average molecular weight is 453 g/mol. The van der Waals surface area contributed by atoms with E-state index in [1.807, 2.05) is 44.2 Å². The highest BCUT2D eigenvalue weighted by molar-refractivity contribution is 5.52. The maximum Gasteiger partial charge on any atom is 0.161 e. The molecule has 0 saturated carbocycles. The zero-order chi connectivity index (χ0) is 24.1. The van der Waals surface area contributed by atoms with E-state index in [2.05, 4.69) is 0 Å². The van der Waals surface area contributed by atoms with Crippen molar-refractivity contribution in [2.75, 3.05) is 28.4 Å². The second-order valence-electron chi connectivity index (χ2n) is 8.04. The normalized spacial score (nSPS) is 11.7. The smallest absolute Gasteiger partial charge is 0.161 e. The third-order valence-electron chi connectivity index (χ3n) is 6.09. The molecule has 1 atom stereocenters. The maximum absolute atomic E-state index is 10.5. The summed E-state index contributed by atoms with van der Waals surface area (Å²) in [4.78, 5) is 0. The molecule has 0 bridgehead atoms. The van der Waals surface area contributed by atoms with E-state index >= 15 is 0 Å². The fourth-order valence-corrected chi connectivity index (χ4v) is 4.24. The van der Waals surface area contributed by atoms with Gasteiger partial charge in [0.05, 0.1) is 28.4 Å². The van der Waals surface area contributed by atoms with Crippen LogP contribution in [-0.4, -0.2) is 38.7 Å². The summed E-state index contributed by atoms with van der Waals surface area (Å²) in [5.74, 6) is 2.40. The zero-order valence-corrected chi connectivity index (χ0v) is 20.1. The lowest BCUT2D eigenvalue weighted by Gasteiger charge is -2.23. The lowest BCUT2D eigenvalue weighted by atomic mass is 9.83. The van der Waals surface area contributed by atoms with E-state index in [-0.39, 0.29) is 17.4 Å².